The van der Waals surface area contributed by atoms with Crippen molar-refractivity contribution in [3.05, 3.63) is 34.9 Å². The van der Waals surface area contributed by atoms with Crippen molar-refractivity contribution in [2.24, 2.45) is 0 Å². The average Bonchev–Trinajstić information content (AvgIpc) is 2.36. The molecule has 5 heteroatoms. The first-order chi connectivity index (χ1) is 8.52. The Labute approximate surface area is 112 Å². The predicted octanol–water partition coefficient (Wildman–Crippen LogP) is 1.98. The summed E-state index contributed by atoms with van der Waals surface area (Å²) in [5.74, 6) is -0.474. The third-order valence-corrected chi connectivity index (χ3v) is 2.79. The quantitative estimate of drug-likeness (QED) is 0.858. The van der Waals surface area contributed by atoms with Crippen LogP contribution in [0.1, 0.15) is 30.6 Å². The second-order valence-corrected chi connectivity index (χ2v) is 4.50. The molecule has 4 nitrogen and oxygen atoms in total. The minimum atomic E-state index is -0.286. The highest BCUT2D eigenvalue weighted by atomic mass is 35.5. The van der Waals surface area contributed by atoms with Crippen LogP contribution >= 0.6 is 11.6 Å². The number of halogens is 1. The SMILES string of the molecule is CC[C@H](C)NC(=O)CNC(=O)c1ccc(Cl)cc1. The second kappa shape index (κ2) is 7.01. The maximum atomic E-state index is 11.7. The number of amides is 2. The van der Waals surface area contributed by atoms with Crippen molar-refractivity contribution in [1.82, 2.24) is 10.6 Å². The van der Waals surface area contributed by atoms with Crippen molar-refractivity contribution >= 4 is 23.4 Å². The van der Waals surface area contributed by atoms with Gasteiger partial charge in [-0.25, -0.2) is 0 Å². The van der Waals surface area contributed by atoms with Crippen molar-refractivity contribution in [3.8, 4) is 0 Å². The van der Waals surface area contributed by atoms with E-state index in [2.05, 4.69) is 10.6 Å². The van der Waals surface area contributed by atoms with E-state index in [9.17, 15) is 9.59 Å². The zero-order valence-corrected chi connectivity index (χ0v) is 11.3. The first-order valence-electron chi connectivity index (χ1n) is 5.86. The molecule has 0 aliphatic rings. The normalized spacial score (nSPS) is 11.7. The first kappa shape index (κ1) is 14.5. The summed E-state index contributed by atoms with van der Waals surface area (Å²) in [7, 11) is 0. The van der Waals surface area contributed by atoms with Gasteiger partial charge in [-0.3, -0.25) is 9.59 Å². The van der Waals surface area contributed by atoms with Gasteiger partial charge in [0.15, 0.2) is 0 Å². The lowest BCUT2D eigenvalue weighted by Crippen LogP contribution is -2.40. The van der Waals surface area contributed by atoms with E-state index >= 15 is 0 Å². The van der Waals surface area contributed by atoms with Crippen LogP contribution in [0, 0.1) is 0 Å². The van der Waals surface area contributed by atoms with Crippen LogP contribution in [0.15, 0.2) is 24.3 Å². The van der Waals surface area contributed by atoms with Crippen LogP contribution in [0.2, 0.25) is 5.02 Å². The Balaban J connectivity index is 2.41. The van der Waals surface area contributed by atoms with Gasteiger partial charge in [-0.05, 0) is 37.6 Å². The van der Waals surface area contributed by atoms with Crippen LogP contribution < -0.4 is 10.6 Å². The number of benzene rings is 1. The van der Waals surface area contributed by atoms with Crippen LogP contribution in [-0.4, -0.2) is 24.4 Å². The number of carbonyl (C=O) groups is 2. The summed E-state index contributed by atoms with van der Waals surface area (Å²) in [5.41, 5.74) is 0.482. The molecule has 0 bridgehead atoms. The fourth-order valence-electron chi connectivity index (χ4n) is 1.29. The molecule has 0 radical (unpaired) electrons. The molecule has 18 heavy (non-hydrogen) atoms. The summed E-state index contributed by atoms with van der Waals surface area (Å²) in [6.07, 6.45) is 0.858. The van der Waals surface area contributed by atoms with Crippen LogP contribution in [0.5, 0.6) is 0 Å². The van der Waals surface area contributed by atoms with Gasteiger partial charge in [0.25, 0.3) is 5.91 Å². The van der Waals surface area contributed by atoms with Crippen LogP contribution in [0.25, 0.3) is 0 Å². The van der Waals surface area contributed by atoms with Gasteiger partial charge in [-0.2, -0.15) is 0 Å². The number of hydrogen-bond acceptors (Lipinski definition) is 2. The molecule has 0 saturated carbocycles. The molecule has 2 N–H and O–H groups in total. The third-order valence-electron chi connectivity index (χ3n) is 2.54. The molecule has 0 saturated heterocycles. The summed E-state index contributed by atoms with van der Waals surface area (Å²) in [4.78, 5) is 23.1. The Morgan fingerprint density at radius 1 is 1.28 bits per heavy atom. The van der Waals surface area contributed by atoms with Crippen molar-refractivity contribution in [3.63, 3.8) is 0 Å². The van der Waals surface area contributed by atoms with Gasteiger partial charge >= 0.3 is 0 Å². The molecule has 0 aromatic heterocycles. The maximum absolute atomic E-state index is 11.7. The van der Waals surface area contributed by atoms with Crippen molar-refractivity contribution in [2.75, 3.05) is 6.54 Å². The van der Waals surface area contributed by atoms with Crippen molar-refractivity contribution in [1.29, 1.82) is 0 Å². The molecule has 0 aliphatic heterocycles. The molecular weight excluding hydrogens is 252 g/mol. The Bertz CT molecular complexity index is 418. The molecule has 98 valence electrons. The Hall–Kier alpha value is -1.55. The van der Waals surface area contributed by atoms with Gasteiger partial charge in [0.05, 0.1) is 6.54 Å². The Kier molecular flexibility index (Phi) is 5.65. The van der Waals surface area contributed by atoms with E-state index in [4.69, 9.17) is 11.6 Å². The molecule has 0 fully saturated rings. The van der Waals surface area contributed by atoms with Crippen LogP contribution in [0.3, 0.4) is 0 Å². The number of nitrogens with one attached hydrogen (secondary N) is 2. The van der Waals surface area contributed by atoms with Crippen LogP contribution in [0.4, 0.5) is 0 Å². The number of carbonyl (C=O) groups excluding carboxylic acids is 2. The minimum absolute atomic E-state index is 0.0220. The summed E-state index contributed by atoms with van der Waals surface area (Å²) in [5, 5.41) is 5.89. The fraction of sp³-hybridized carbons (Fsp3) is 0.385. The van der Waals surface area contributed by atoms with Crippen molar-refractivity contribution < 1.29 is 9.59 Å². The maximum Gasteiger partial charge on any atom is 0.251 e. The lowest BCUT2D eigenvalue weighted by atomic mass is 10.2. The molecular formula is C13H17ClN2O2. The zero-order chi connectivity index (χ0) is 13.5. The molecule has 1 atom stereocenters. The average molecular weight is 269 g/mol. The highest BCUT2D eigenvalue weighted by molar-refractivity contribution is 6.30. The summed E-state index contributed by atoms with van der Waals surface area (Å²) >= 11 is 5.72. The van der Waals surface area contributed by atoms with E-state index in [1.54, 1.807) is 24.3 Å². The standard InChI is InChI=1S/C13H17ClN2O2/c1-3-9(2)16-12(17)8-15-13(18)10-4-6-11(14)7-5-10/h4-7,9H,3,8H2,1-2H3,(H,15,18)(H,16,17)/t9-/m0/s1. The first-order valence-corrected chi connectivity index (χ1v) is 6.24. The van der Waals surface area contributed by atoms with Gasteiger partial charge in [0.2, 0.25) is 5.91 Å². The van der Waals surface area contributed by atoms with E-state index in [0.717, 1.165) is 6.42 Å². The fourth-order valence-corrected chi connectivity index (χ4v) is 1.42. The molecule has 0 spiro atoms. The molecule has 1 rings (SSSR count). The largest absolute Gasteiger partial charge is 0.352 e. The minimum Gasteiger partial charge on any atom is -0.352 e. The monoisotopic (exact) mass is 268 g/mol. The number of rotatable bonds is 5. The van der Waals surface area contributed by atoms with E-state index < -0.39 is 0 Å². The van der Waals surface area contributed by atoms with E-state index in [-0.39, 0.29) is 24.4 Å². The third kappa shape index (κ3) is 4.75. The summed E-state index contributed by atoms with van der Waals surface area (Å²) in [6.45, 7) is 3.88. The lowest BCUT2D eigenvalue weighted by Gasteiger charge is -2.11. The molecule has 2 amide bonds. The molecule has 1 aromatic rings. The number of hydrogen-bond donors (Lipinski definition) is 2. The lowest BCUT2D eigenvalue weighted by molar-refractivity contribution is -0.120. The van der Waals surface area contributed by atoms with Gasteiger partial charge in [-0.1, -0.05) is 18.5 Å². The zero-order valence-electron chi connectivity index (χ0n) is 10.5. The van der Waals surface area contributed by atoms with E-state index in [0.29, 0.717) is 10.6 Å². The predicted molar refractivity (Wildman–Crippen MR) is 71.7 cm³/mol. The van der Waals surface area contributed by atoms with E-state index in [1.807, 2.05) is 13.8 Å². The van der Waals surface area contributed by atoms with Gasteiger partial charge in [0, 0.05) is 16.6 Å². The van der Waals surface area contributed by atoms with Gasteiger partial charge in [-0.15, -0.1) is 0 Å². The topological polar surface area (TPSA) is 58.2 Å². The molecule has 1 aromatic carbocycles. The second-order valence-electron chi connectivity index (χ2n) is 4.07. The van der Waals surface area contributed by atoms with Crippen LogP contribution in [-0.2, 0) is 4.79 Å². The Morgan fingerprint density at radius 3 is 2.44 bits per heavy atom. The van der Waals surface area contributed by atoms with Gasteiger partial charge in [0.1, 0.15) is 0 Å². The van der Waals surface area contributed by atoms with Crippen molar-refractivity contribution in [2.45, 2.75) is 26.3 Å². The smallest absolute Gasteiger partial charge is 0.251 e. The molecule has 0 aliphatic carbocycles. The van der Waals surface area contributed by atoms with Gasteiger partial charge < -0.3 is 10.6 Å². The molecule has 0 unspecified atom stereocenters. The summed E-state index contributed by atoms with van der Waals surface area (Å²) in [6, 6.07) is 6.62. The highest BCUT2D eigenvalue weighted by Crippen LogP contribution is 2.09. The highest BCUT2D eigenvalue weighted by Gasteiger charge is 2.09. The molecule has 0 heterocycles. The summed E-state index contributed by atoms with van der Waals surface area (Å²) < 4.78 is 0. The Morgan fingerprint density at radius 2 is 1.89 bits per heavy atom. The van der Waals surface area contributed by atoms with E-state index in [1.165, 1.54) is 0 Å².